The Hall–Kier alpha value is -2.14. The molecule has 0 bridgehead atoms. The van der Waals surface area contributed by atoms with Crippen LogP contribution in [-0.2, 0) is 9.53 Å². The summed E-state index contributed by atoms with van der Waals surface area (Å²) in [5, 5.41) is 8.79. The van der Waals surface area contributed by atoms with E-state index in [0.29, 0.717) is 45.0 Å². The van der Waals surface area contributed by atoms with Crippen molar-refractivity contribution in [1.29, 1.82) is 5.26 Å². The van der Waals surface area contributed by atoms with E-state index in [-0.39, 0.29) is 5.91 Å². The third-order valence-electron chi connectivity index (χ3n) is 4.85. The van der Waals surface area contributed by atoms with Crippen LogP contribution in [-0.4, -0.2) is 92.8 Å². The molecule has 1 aromatic rings. The molecule has 0 unspecified atom stereocenters. The molecule has 0 aliphatic carbocycles. The molecule has 1 amide bonds. The summed E-state index contributed by atoms with van der Waals surface area (Å²) in [6.07, 6.45) is 0. The first-order valence-corrected chi connectivity index (χ1v) is 9.18. The Labute approximate surface area is 154 Å². The van der Waals surface area contributed by atoms with Gasteiger partial charge in [0.1, 0.15) is 12.4 Å². The first-order valence-electron chi connectivity index (χ1n) is 9.18. The molecule has 0 atom stereocenters. The lowest BCUT2D eigenvalue weighted by Crippen LogP contribution is -2.52. The SMILES string of the molecule is N#Cc1ccc(OCCN2CCN(CC(=O)N3CCOCC3)CC2)cc1. The molecule has 140 valence electrons. The minimum atomic E-state index is 0.214. The average molecular weight is 358 g/mol. The number of piperazine rings is 1. The minimum Gasteiger partial charge on any atom is -0.492 e. The molecular formula is C19H26N4O3. The molecule has 2 heterocycles. The van der Waals surface area contributed by atoms with Gasteiger partial charge in [-0.1, -0.05) is 0 Å². The van der Waals surface area contributed by atoms with Crippen LogP contribution in [0.5, 0.6) is 5.75 Å². The number of nitrogens with zero attached hydrogens (tertiary/aromatic N) is 4. The van der Waals surface area contributed by atoms with Crippen LogP contribution >= 0.6 is 0 Å². The van der Waals surface area contributed by atoms with Gasteiger partial charge < -0.3 is 14.4 Å². The van der Waals surface area contributed by atoms with E-state index in [0.717, 1.165) is 38.5 Å². The van der Waals surface area contributed by atoms with Gasteiger partial charge in [-0.3, -0.25) is 14.6 Å². The Balaban J connectivity index is 1.32. The van der Waals surface area contributed by atoms with Gasteiger partial charge in [-0.15, -0.1) is 0 Å². The number of carbonyl (C=O) groups is 1. The molecule has 0 saturated carbocycles. The third kappa shape index (κ3) is 5.43. The normalized spacial score (nSPS) is 19.1. The number of hydrogen-bond donors (Lipinski definition) is 0. The van der Waals surface area contributed by atoms with Crippen LogP contribution in [0.2, 0.25) is 0 Å². The fourth-order valence-electron chi connectivity index (χ4n) is 3.19. The molecule has 0 N–H and O–H groups in total. The van der Waals surface area contributed by atoms with Gasteiger partial charge in [0.25, 0.3) is 0 Å². The summed E-state index contributed by atoms with van der Waals surface area (Å²) in [5.74, 6) is 1.00. The van der Waals surface area contributed by atoms with Gasteiger partial charge in [-0.25, -0.2) is 0 Å². The van der Waals surface area contributed by atoms with Crippen LogP contribution in [0.25, 0.3) is 0 Å². The van der Waals surface area contributed by atoms with Crippen molar-refractivity contribution in [2.75, 3.05) is 72.2 Å². The standard InChI is InChI=1S/C19H26N4O3/c20-15-17-1-3-18(4-2-17)26-14-9-21-5-7-22(8-6-21)16-19(24)23-10-12-25-13-11-23/h1-4H,5-14,16H2. The highest BCUT2D eigenvalue weighted by atomic mass is 16.5. The summed E-state index contributed by atoms with van der Waals surface area (Å²) in [5.41, 5.74) is 0.639. The molecule has 0 aromatic heterocycles. The van der Waals surface area contributed by atoms with Gasteiger partial charge in [0.05, 0.1) is 31.4 Å². The van der Waals surface area contributed by atoms with E-state index in [2.05, 4.69) is 15.9 Å². The number of benzene rings is 1. The summed E-state index contributed by atoms with van der Waals surface area (Å²) in [4.78, 5) is 18.8. The third-order valence-corrected chi connectivity index (χ3v) is 4.85. The maximum Gasteiger partial charge on any atom is 0.236 e. The fraction of sp³-hybridized carbons (Fsp3) is 0.579. The van der Waals surface area contributed by atoms with Crippen molar-refractivity contribution < 1.29 is 14.3 Å². The molecule has 1 aromatic carbocycles. The predicted octanol–water partition coefficient (Wildman–Crippen LogP) is 0.413. The zero-order chi connectivity index (χ0) is 18.2. The summed E-state index contributed by atoms with van der Waals surface area (Å²) < 4.78 is 11.0. The summed E-state index contributed by atoms with van der Waals surface area (Å²) in [7, 11) is 0. The molecule has 2 aliphatic heterocycles. The average Bonchev–Trinajstić information content (AvgIpc) is 2.70. The second kappa shape index (κ2) is 9.53. The molecule has 26 heavy (non-hydrogen) atoms. The number of nitriles is 1. The molecule has 0 radical (unpaired) electrons. The van der Waals surface area contributed by atoms with Gasteiger partial charge in [0.2, 0.25) is 5.91 Å². The first kappa shape index (κ1) is 18.6. The van der Waals surface area contributed by atoms with E-state index in [4.69, 9.17) is 14.7 Å². The Morgan fingerprint density at radius 2 is 1.69 bits per heavy atom. The van der Waals surface area contributed by atoms with E-state index < -0.39 is 0 Å². The second-order valence-corrected chi connectivity index (χ2v) is 6.60. The Morgan fingerprint density at radius 1 is 1.04 bits per heavy atom. The maximum atomic E-state index is 12.3. The molecule has 2 saturated heterocycles. The lowest BCUT2D eigenvalue weighted by molar-refractivity contribution is -0.136. The van der Waals surface area contributed by atoms with Crippen LogP contribution in [0.4, 0.5) is 0 Å². The number of rotatable bonds is 6. The van der Waals surface area contributed by atoms with E-state index in [9.17, 15) is 4.79 Å². The number of carbonyl (C=O) groups excluding carboxylic acids is 1. The van der Waals surface area contributed by atoms with Crippen LogP contribution in [0, 0.1) is 11.3 Å². The Morgan fingerprint density at radius 3 is 2.35 bits per heavy atom. The molecule has 7 nitrogen and oxygen atoms in total. The number of ether oxygens (including phenoxy) is 2. The van der Waals surface area contributed by atoms with Crippen molar-refractivity contribution in [2.24, 2.45) is 0 Å². The maximum absolute atomic E-state index is 12.3. The highest BCUT2D eigenvalue weighted by molar-refractivity contribution is 5.78. The molecule has 0 spiro atoms. The molecule has 2 aliphatic rings. The predicted molar refractivity (Wildman–Crippen MR) is 96.9 cm³/mol. The topological polar surface area (TPSA) is 69.0 Å². The fourth-order valence-corrected chi connectivity index (χ4v) is 3.19. The van der Waals surface area contributed by atoms with Crippen LogP contribution in [0.3, 0.4) is 0 Å². The van der Waals surface area contributed by atoms with Crippen molar-refractivity contribution in [1.82, 2.24) is 14.7 Å². The molecule has 7 heteroatoms. The van der Waals surface area contributed by atoms with Gasteiger partial charge in [0.15, 0.2) is 0 Å². The summed E-state index contributed by atoms with van der Waals surface area (Å²) >= 11 is 0. The van der Waals surface area contributed by atoms with Gasteiger partial charge in [-0.05, 0) is 24.3 Å². The highest BCUT2D eigenvalue weighted by Crippen LogP contribution is 2.12. The Kier molecular flexibility index (Phi) is 6.83. The van der Waals surface area contributed by atoms with Crippen molar-refractivity contribution in [3.63, 3.8) is 0 Å². The van der Waals surface area contributed by atoms with E-state index in [1.54, 1.807) is 12.1 Å². The van der Waals surface area contributed by atoms with Crippen molar-refractivity contribution in [3.8, 4) is 11.8 Å². The van der Waals surface area contributed by atoms with E-state index in [1.807, 2.05) is 17.0 Å². The lowest BCUT2D eigenvalue weighted by atomic mass is 10.2. The minimum absolute atomic E-state index is 0.214. The monoisotopic (exact) mass is 358 g/mol. The van der Waals surface area contributed by atoms with Crippen molar-refractivity contribution in [2.45, 2.75) is 0 Å². The summed E-state index contributed by atoms with van der Waals surface area (Å²) in [6, 6.07) is 9.28. The lowest BCUT2D eigenvalue weighted by Gasteiger charge is -2.35. The smallest absolute Gasteiger partial charge is 0.236 e. The molecular weight excluding hydrogens is 332 g/mol. The first-order chi connectivity index (χ1) is 12.7. The number of amides is 1. The van der Waals surface area contributed by atoms with Crippen LogP contribution in [0.1, 0.15) is 5.56 Å². The zero-order valence-electron chi connectivity index (χ0n) is 15.1. The van der Waals surface area contributed by atoms with Crippen LogP contribution in [0.15, 0.2) is 24.3 Å². The van der Waals surface area contributed by atoms with Gasteiger partial charge in [-0.2, -0.15) is 5.26 Å². The summed E-state index contributed by atoms with van der Waals surface area (Å²) in [6.45, 7) is 8.45. The van der Waals surface area contributed by atoms with Crippen LogP contribution < -0.4 is 4.74 Å². The van der Waals surface area contributed by atoms with E-state index in [1.165, 1.54) is 0 Å². The second-order valence-electron chi connectivity index (χ2n) is 6.60. The van der Waals surface area contributed by atoms with Crippen molar-refractivity contribution in [3.05, 3.63) is 29.8 Å². The van der Waals surface area contributed by atoms with Gasteiger partial charge in [0, 0.05) is 45.8 Å². The highest BCUT2D eigenvalue weighted by Gasteiger charge is 2.22. The zero-order valence-corrected chi connectivity index (χ0v) is 15.1. The number of morpholine rings is 1. The Bertz CT molecular complexity index is 615. The molecule has 2 fully saturated rings. The molecule has 3 rings (SSSR count). The largest absolute Gasteiger partial charge is 0.492 e. The van der Waals surface area contributed by atoms with Gasteiger partial charge >= 0.3 is 0 Å². The van der Waals surface area contributed by atoms with Crippen molar-refractivity contribution >= 4 is 5.91 Å². The number of hydrogen-bond acceptors (Lipinski definition) is 6. The van der Waals surface area contributed by atoms with E-state index >= 15 is 0 Å². The quantitative estimate of drug-likeness (QED) is 0.734.